The predicted molar refractivity (Wildman–Crippen MR) is 85.2 cm³/mol. The largest absolute Gasteiger partial charge is 0.395 e. The maximum Gasteiger partial charge on any atom is 0.322 e. The number of nitrogens with one attached hydrogen (secondary N) is 2. The van der Waals surface area contributed by atoms with Crippen LogP contribution in [0.5, 0.6) is 0 Å². The van der Waals surface area contributed by atoms with Crippen LogP contribution in [-0.4, -0.2) is 48.3 Å². The van der Waals surface area contributed by atoms with Crippen LogP contribution in [0.25, 0.3) is 0 Å². The molecule has 116 valence electrons. The number of amides is 2. The van der Waals surface area contributed by atoms with Gasteiger partial charge < -0.3 is 20.6 Å². The number of urea groups is 1. The third-order valence-corrected chi connectivity index (χ3v) is 3.99. The van der Waals surface area contributed by atoms with Crippen molar-refractivity contribution in [3.8, 4) is 0 Å². The molecule has 1 atom stereocenters. The summed E-state index contributed by atoms with van der Waals surface area (Å²) in [7, 11) is 0. The standard InChI is InChI=1S/C14H19Cl2N3O2/c15-10-3-4-12(16)13(8-10)18-14(21)19(6-7-20)9-11-2-1-5-17-11/h3-4,8,11,17,20H,1-2,5-7,9H2,(H,18,21). The Hall–Kier alpha value is -1.01. The van der Waals surface area contributed by atoms with E-state index in [2.05, 4.69) is 10.6 Å². The summed E-state index contributed by atoms with van der Waals surface area (Å²) in [5, 5.41) is 16.1. The zero-order valence-corrected chi connectivity index (χ0v) is 13.1. The lowest BCUT2D eigenvalue weighted by Gasteiger charge is -2.25. The van der Waals surface area contributed by atoms with E-state index in [0.717, 1.165) is 19.4 Å². The third-order valence-electron chi connectivity index (χ3n) is 3.43. The van der Waals surface area contributed by atoms with Crippen LogP contribution in [0.3, 0.4) is 0 Å². The van der Waals surface area contributed by atoms with E-state index in [1.165, 1.54) is 0 Å². The summed E-state index contributed by atoms with van der Waals surface area (Å²) < 4.78 is 0. The van der Waals surface area contributed by atoms with Gasteiger partial charge in [-0.25, -0.2) is 4.79 Å². The summed E-state index contributed by atoms with van der Waals surface area (Å²) in [6.07, 6.45) is 2.15. The minimum absolute atomic E-state index is 0.0799. The Bertz CT molecular complexity index is 493. The first-order valence-corrected chi connectivity index (χ1v) is 7.71. The number of benzene rings is 1. The highest BCUT2D eigenvalue weighted by atomic mass is 35.5. The molecule has 1 aromatic rings. The molecule has 3 N–H and O–H groups in total. The first-order chi connectivity index (χ1) is 10.1. The zero-order chi connectivity index (χ0) is 15.2. The number of aliphatic hydroxyl groups excluding tert-OH is 1. The minimum Gasteiger partial charge on any atom is -0.395 e. The summed E-state index contributed by atoms with van der Waals surface area (Å²) in [4.78, 5) is 13.9. The molecule has 1 aliphatic rings. The van der Waals surface area contributed by atoms with Crippen LogP contribution >= 0.6 is 23.2 Å². The molecule has 1 saturated heterocycles. The second-order valence-corrected chi connectivity index (χ2v) is 5.86. The molecule has 5 nitrogen and oxygen atoms in total. The zero-order valence-electron chi connectivity index (χ0n) is 11.6. The van der Waals surface area contributed by atoms with Crippen molar-refractivity contribution in [3.63, 3.8) is 0 Å². The van der Waals surface area contributed by atoms with Gasteiger partial charge in [0.15, 0.2) is 0 Å². The normalized spacial score (nSPS) is 17.8. The van der Waals surface area contributed by atoms with Crippen molar-refractivity contribution in [2.45, 2.75) is 18.9 Å². The molecule has 1 aromatic carbocycles. The molecule has 1 heterocycles. The van der Waals surface area contributed by atoms with Gasteiger partial charge in [0.05, 0.1) is 17.3 Å². The number of aliphatic hydroxyl groups is 1. The quantitative estimate of drug-likeness (QED) is 0.776. The Morgan fingerprint density at radius 2 is 2.29 bits per heavy atom. The number of halogens is 2. The van der Waals surface area contributed by atoms with Crippen molar-refractivity contribution >= 4 is 34.9 Å². The maximum atomic E-state index is 12.3. The van der Waals surface area contributed by atoms with E-state index in [1.54, 1.807) is 23.1 Å². The molecule has 2 amide bonds. The first kappa shape index (κ1) is 16.4. The van der Waals surface area contributed by atoms with Crippen molar-refractivity contribution in [3.05, 3.63) is 28.2 Å². The minimum atomic E-state index is -0.290. The van der Waals surface area contributed by atoms with Gasteiger partial charge in [0.2, 0.25) is 0 Å². The number of rotatable bonds is 5. The van der Waals surface area contributed by atoms with Crippen LogP contribution in [0.15, 0.2) is 18.2 Å². The molecule has 1 aliphatic heterocycles. The van der Waals surface area contributed by atoms with E-state index >= 15 is 0 Å². The van der Waals surface area contributed by atoms with Crippen molar-refractivity contribution in [1.82, 2.24) is 10.2 Å². The lowest BCUT2D eigenvalue weighted by atomic mass is 10.2. The van der Waals surface area contributed by atoms with E-state index in [4.69, 9.17) is 28.3 Å². The van der Waals surface area contributed by atoms with Crippen molar-refractivity contribution in [2.75, 3.05) is 31.6 Å². The summed E-state index contributed by atoms with van der Waals surface area (Å²) in [6, 6.07) is 4.88. The Morgan fingerprint density at radius 1 is 1.48 bits per heavy atom. The number of hydrogen-bond donors (Lipinski definition) is 3. The Labute approximate surface area is 134 Å². The van der Waals surface area contributed by atoms with Crippen LogP contribution in [-0.2, 0) is 0 Å². The molecule has 0 aliphatic carbocycles. The third kappa shape index (κ3) is 4.74. The van der Waals surface area contributed by atoms with Gasteiger partial charge in [0, 0.05) is 24.2 Å². The Balaban J connectivity index is 2.01. The van der Waals surface area contributed by atoms with Crippen LogP contribution in [0.1, 0.15) is 12.8 Å². The first-order valence-electron chi connectivity index (χ1n) is 6.95. The fourth-order valence-corrected chi connectivity index (χ4v) is 2.70. The number of carbonyl (C=O) groups excluding carboxylic acids is 1. The molecule has 0 spiro atoms. The van der Waals surface area contributed by atoms with Gasteiger partial charge >= 0.3 is 6.03 Å². The SMILES string of the molecule is O=C(Nc1cc(Cl)ccc1Cl)N(CCO)CC1CCCN1. The molecule has 7 heteroatoms. The summed E-state index contributed by atoms with van der Waals surface area (Å²) in [5.41, 5.74) is 0.469. The van der Waals surface area contributed by atoms with Crippen molar-refractivity contribution in [2.24, 2.45) is 0 Å². The van der Waals surface area contributed by atoms with Gasteiger partial charge in [0.25, 0.3) is 0 Å². The van der Waals surface area contributed by atoms with Crippen LogP contribution in [0, 0.1) is 0 Å². The van der Waals surface area contributed by atoms with Crippen LogP contribution in [0.4, 0.5) is 10.5 Å². The summed E-state index contributed by atoms with van der Waals surface area (Å²) in [6.45, 7) is 1.73. The van der Waals surface area contributed by atoms with E-state index in [9.17, 15) is 4.79 Å². The maximum absolute atomic E-state index is 12.3. The lowest BCUT2D eigenvalue weighted by molar-refractivity contribution is 0.182. The number of hydrogen-bond acceptors (Lipinski definition) is 3. The number of anilines is 1. The van der Waals surface area contributed by atoms with Crippen molar-refractivity contribution < 1.29 is 9.90 Å². The molecule has 0 saturated carbocycles. The average molecular weight is 332 g/mol. The molecule has 21 heavy (non-hydrogen) atoms. The topological polar surface area (TPSA) is 64.6 Å². The van der Waals surface area contributed by atoms with E-state index in [-0.39, 0.29) is 25.2 Å². The van der Waals surface area contributed by atoms with Gasteiger partial charge in [-0.1, -0.05) is 23.2 Å². The fourth-order valence-electron chi connectivity index (χ4n) is 2.36. The molecule has 2 rings (SSSR count). The second-order valence-electron chi connectivity index (χ2n) is 5.02. The number of carbonyl (C=O) groups is 1. The Kier molecular flexibility index (Phi) is 6.11. The smallest absolute Gasteiger partial charge is 0.322 e. The summed E-state index contributed by atoms with van der Waals surface area (Å²) in [5.74, 6) is 0. The number of nitrogens with zero attached hydrogens (tertiary/aromatic N) is 1. The monoisotopic (exact) mass is 331 g/mol. The van der Waals surface area contributed by atoms with Gasteiger partial charge in [-0.15, -0.1) is 0 Å². The molecule has 0 bridgehead atoms. The molecule has 0 aromatic heterocycles. The second kappa shape index (κ2) is 7.84. The highest BCUT2D eigenvalue weighted by Gasteiger charge is 2.21. The molecule has 0 radical (unpaired) electrons. The Morgan fingerprint density at radius 3 is 2.95 bits per heavy atom. The van der Waals surface area contributed by atoms with Gasteiger partial charge in [0.1, 0.15) is 0 Å². The molecular formula is C14H19Cl2N3O2. The van der Waals surface area contributed by atoms with E-state index < -0.39 is 0 Å². The fraction of sp³-hybridized carbons (Fsp3) is 0.500. The highest BCUT2D eigenvalue weighted by Crippen LogP contribution is 2.25. The highest BCUT2D eigenvalue weighted by molar-refractivity contribution is 6.35. The molecule has 1 unspecified atom stereocenters. The lowest BCUT2D eigenvalue weighted by Crippen LogP contribution is -2.44. The van der Waals surface area contributed by atoms with Gasteiger partial charge in [-0.2, -0.15) is 0 Å². The van der Waals surface area contributed by atoms with Gasteiger partial charge in [-0.3, -0.25) is 0 Å². The summed E-state index contributed by atoms with van der Waals surface area (Å²) >= 11 is 11.9. The predicted octanol–water partition coefficient (Wildman–Crippen LogP) is 2.57. The van der Waals surface area contributed by atoms with Crippen molar-refractivity contribution in [1.29, 1.82) is 0 Å². The van der Waals surface area contributed by atoms with Crippen LogP contribution < -0.4 is 10.6 Å². The van der Waals surface area contributed by atoms with Gasteiger partial charge in [-0.05, 0) is 37.6 Å². The molecular weight excluding hydrogens is 313 g/mol. The van der Waals surface area contributed by atoms with E-state index in [0.29, 0.717) is 22.3 Å². The van der Waals surface area contributed by atoms with Crippen LogP contribution in [0.2, 0.25) is 10.0 Å². The average Bonchev–Trinajstić information content (AvgIpc) is 2.95. The van der Waals surface area contributed by atoms with E-state index in [1.807, 2.05) is 0 Å². The molecule has 1 fully saturated rings.